The van der Waals surface area contributed by atoms with Crippen molar-refractivity contribution in [2.75, 3.05) is 33.4 Å². The van der Waals surface area contributed by atoms with Crippen LogP contribution in [0.3, 0.4) is 0 Å². The molecule has 2 N–H and O–H groups in total. The van der Waals surface area contributed by atoms with Gasteiger partial charge in [0.25, 0.3) is 0 Å². The molecule has 3 heteroatoms. The monoisotopic (exact) mass is 186 g/mol. The van der Waals surface area contributed by atoms with Gasteiger partial charge < -0.3 is 15.4 Å². The van der Waals surface area contributed by atoms with E-state index in [1.54, 1.807) is 0 Å². The Labute approximate surface area is 81.2 Å². The molecular formula is C10H22N2O. The van der Waals surface area contributed by atoms with E-state index < -0.39 is 0 Å². The average molecular weight is 186 g/mol. The second-order valence-electron chi connectivity index (χ2n) is 3.63. The maximum atomic E-state index is 4.94. The van der Waals surface area contributed by atoms with Crippen molar-refractivity contribution in [2.45, 2.75) is 31.7 Å². The molecule has 2 heterocycles. The molecule has 0 bridgehead atoms. The first-order chi connectivity index (χ1) is 6.43. The molecule has 0 saturated carbocycles. The van der Waals surface area contributed by atoms with Gasteiger partial charge in [-0.25, -0.2) is 0 Å². The molecule has 2 rings (SSSR count). The smallest absolute Gasteiger partial charge is 0.0466 e. The lowest BCUT2D eigenvalue weighted by molar-refractivity contribution is 0.198. The Morgan fingerprint density at radius 1 is 1.15 bits per heavy atom. The van der Waals surface area contributed by atoms with Gasteiger partial charge in [0.15, 0.2) is 0 Å². The van der Waals surface area contributed by atoms with Gasteiger partial charge in [-0.1, -0.05) is 0 Å². The second kappa shape index (κ2) is 7.30. The fraction of sp³-hybridized carbons (Fsp3) is 1.00. The Morgan fingerprint density at radius 3 is 2.08 bits per heavy atom. The summed E-state index contributed by atoms with van der Waals surface area (Å²) in [7, 11) is 2.04. The summed E-state index contributed by atoms with van der Waals surface area (Å²) in [5.41, 5.74) is 0. The van der Waals surface area contributed by atoms with Crippen LogP contribution in [-0.4, -0.2) is 39.4 Å². The van der Waals surface area contributed by atoms with E-state index in [0.29, 0.717) is 0 Å². The molecule has 3 nitrogen and oxygen atoms in total. The van der Waals surface area contributed by atoms with E-state index in [1.807, 2.05) is 7.05 Å². The number of hydrogen-bond acceptors (Lipinski definition) is 3. The van der Waals surface area contributed by atoms with Crippen molar-refractivity contribution in [1.82, 2.24) is 10.6 Å². The zero-order valence-electron chi connectivity index (χ0n) is 8.64. The van der Waals surface area contributed by atoms with Gasteiger partial charge in [0.2, 0.25) is 0 Å². The molecule has 0 atom stereocenters. The predicted molar refractivity (Wildman–Crippen MR) is 55.0 cm³/mol. The number of nitrogens with one attached hydrogen (secondary N) is 2. The Hall–Kier alpha value is -0.120. The summed E-state index contributed by atoms with van der Waals surface area (Å²) in [4.78, 5) is 0. The van der Waals surface area contributed by atoms with Gasteiger partial charge in [0.1, 0.15) is 0 Å². The zero-order chi connectivity index (χ0) is 9.36. The minimum atomic E-state index is 0.774. The lowest BCUT2D eigenvalue weighted by atomic mass is 10.1. The Bertz CT molecular complexity index is 102. The van der Waals surface area contributed by atoms with Gasteiger partial charge in [0.05, 0.1) is 0 Å². The lowest BCUT2D eigenvalue weighted by Crippen LogP contribution is -2.37. The van der Waals surface area contributed by atoms with Crippen LogP contribution in [0.15, 0.2) is 0 Å². The molecule has 0 spiro atoms. The second-order valence-corrected chi connectivity index (χ2v) is 3.63. The minimum absolute atomic E-state index is 0.774. The normalized spacial score (nSPS) is 23.8. The summed E-state index contributed by atoms with van der Waals surface area (Å²) in [5, 5.41) is 6.57. The Kier molecular flexibility index (Phi) is 6.15. The highest BCUT2D eigenvalue weighted by atomic mass is 16.5. The molecule has 2 aliphatic heterocycles. The SMILES string of the molecule is C1CCOC1.CNC1CCNCC1. The lowest BCUT2D eigenvalue weighted by Gasteiger charge is -2.21. The number of ether oxygens (including phenoxy) is 1. The number of piperidine rings is 1. The minimum Gasteiger partial charge on any atom is -0.381 e. The number of rotatable bonds is 1. The molecule has 0 aromatic heterocycles. The van der Waals surface area contributed by atoms with Crippen molar-refractivity contribution >= 4 is 0 Å². The molecule has 2 saturated heterocycles. The third kappa shape index (κ3) is 5.24. The van der Waals surface area contributed by atoms with E-state index in [4.69, 9.17) is 4.74 Å². The van der Waals surface area contributed by atoms with Crippen LogP contribution in [0.4, 0.5) is 0 Å². The van der Waals surface area contributed by atoms with Crippen LogP contribution in [0.25, 0.3) is 0 Å². The highest BCUT2D eigenvalue weighted by Gasteiger charge is 2.08. The summed E-state index contributed by atoms with van der Waals surface area (Å²) >= 11 is 0. The van der Waals surface area contributed by atoms with Crippen molar-refractivity contribution in [3.8, 4) is 0 Å². The summed E-state index contributed by atoms with van der Waals surface area (Å²) in [6, 6.07) is 0.774. The van der Waals surface area contributed by atoms with Crippen molar-refractivity contribution in [3.05, 3.63) is 0 Å². The fourth-order valence-corrected chi connectivity index (χ4v) is 1.62. The zero-order valence-corrected chi connectivity index (χ0v) is 8.64. The van der Waals surface area contributed by atoms with Crippen LogP contribution >= 0.6 is 0 Å². The molecule has 0 aromatic rings. The topological polar surface area (TPSA) is 33.3 Å². The first-order valence-electron chi connectivity index (χ1n) is 5.39. The third-order valence-electron chi connectivity index (χ3n) is 2.57. The van der Waals surface area contributed by atoms with E-state index in [9.17, 15) is 0 Å². The highest BCUT2D eigenvalue weighted by molar-refractivity contribution is 4.71. The molecular weight excluding hydrogens is 164 g/mol. The molecule has 13 heavy (non-hydrogen) atoms. The van der Waals surface area contributed by atoms with Crippen LogP contribution in [0.5, 0.6) is 0 Å². The fourth-order valence-electron chi connectivity index (χ4n) is 1.62. The van der Waals surface area contributed by atoms with E-state index in [2.05, 4.69) is 10.6 Å². The molecule has 78 valence electrons. The highest BCUT2D eigenvalue weighted by Crippen LogP contribution is 1.99. The Morgan fingerprint density at radius 2 is 1.77 bits per heavy atom. The number of hydrogen-bond donors (Lipinski definition) is 2. The van der Waals surface area contributed by atoms with Gasteiger partial charge >= 0.3 is 0 Å². The maximum absolute atomic E-state index is 4.94. The molecule has 0 amide bonds. The van der Waals surface area contributed by atoms with Gasteiger partial charge in [-0.05, 0) is 45.8 Å². The van der Waals surface area contributed by atoms with Crippen molar-refractivity contribution in [1.29, 1.82) is 0 Å². The van der Waals surface area contributed by atoms with E-state index in [0.717, 1.165) is 19.3 Å². The van der Waals surface area contributed by atoms with Crippen LogP contribution in [0.2, 0.25) is 0 Å². The van der Waals surface area contributed by atoms with Crippen molar-refractivity contribution in [3.63, 3.8) is 0 Å². The van der Waals surface area contributed by atoms with Gasteiger partial charge in [0, 0.05) is 19.3 Å². The Balaban J connectivity index is 0.000000145. The van der Waals surface area contributed by atoms with Crippen LogP contribution < -0.4 is 10.6 Å². The van der Waals surface area contributed by atoms with Gasteiger partial charge in [-0.2, -0.15) is 0 Å². The van der Waals surface area contributed by atoms with E-state index in [1.165, 1.54) is 38.8 Å². The summed E-state index contributed by atoms with van der Waals surface area (Å²) in [5.74, 6) is 0. The molecule has 0 unspecified atom stereocenters. The van der Waals surface area contributed by atoms with Crippen LogP contribution in [0, 0.1) is 0 Å². The predicted octanol–water partition coefficient (Wildman–Crippen LogP) is 0.755. The maximum Gasteiger partial charge on any atom is 0.0466 e. The summed E-state index contributed by atoms with van der Waals surface area (Å²) < 4.78 is 4.94. The summed E-state index contributed by atoms with van der Waals surface area (Å²) in [6.07, 6.45) is 5.13. The van der Waals surface area contributed by atoms with Crippen LogP contribution in [-0.2, 0) is 4.74 Å². The first-order valence-corrected chi connectivity index (χ1v) is 5.39. The van der Waals surface area contributed by atoms with Crippen molar-refractivity contribution in [2.24, 2.45) is 0 Å². The molecule has 0 aromatic carbocycles. The summed E-state index contributed by atoms with van der Waals surface area (Å²) in [6.45, 7) is 4.37. The molecule has 0 radical (unpaired) electrons. The molecule has 2 fully saturated rings. The third-order valence-corrected chi connectivity index (χ3v) is 2.57. The average Bonchev–Trinajstić information content (AvgIpc) is 2.77. The standard InChI is InChI=1S/C6H14N2.C4H8O/c1-7-6-2-4-8-5-3-6;1-2-4-5-3-1/h6-8H,2-5H2,1H3;1-4H2. The molecule has 2 aliphatic rings. The van der Waals surface area contributed by atoms with Crippen molar-refractivity contribution < 1.29 is 4.74 Å². The largest absolute Gasteiger partial charge is 0.381 e. The van der Waals surface area contributed by atoms with E-state index in [-0.39, 0.29) is 0 Å². The van der Waals surface area contributed by atoms with E-state index >= 15 is 0 Å². The first kappa shape index (κ1) is 11.0. The van der Waals surface area contributed by atoms with Gasteiger partial charge in [-0.15, -0.1) is 0 Å². The molecule has 0 aliphatic carbocycles. The van der Waals surface area contributed by atoms with Gasteiger partial charge in [-0.3, -0.25) is 0 Å². The quantitative estimate of drug-likeness (QED) is 0.634. The van der Waals surface area contributed by atoms with Crippen LogP contribution in [0.1, 0.15) is 25.7 Å².